The van der Waals surface area contributed by atoms with Crippen LogP contribution >= 0.6 is 16.0 Å². The van der Waals surface area contributed by atoms with Crippen molar-refractivity contribution in [2.24, 2.45) is 0 Å². The van der Waals surface area contributed by atoms with Gasteiger partial charge in [0, 0.05) is 18.6 Å². The van der Waals surface area contributed by atoms with Crippen LogP contribution in [0, 0.1) is 0 Å². The number of ether oxygens (including phenoxy) is 6. The summed E-state index contributed by atoms with van der Waals surface area (Å²) in [4.78, 5) is 85.4. The summed E-state index contributed by atoms with van der Waals surface area (Å²) in [6, 6.07) is 1.03. The fraction of sp³-hybridized carbons (Fsp3) is 0.625. The molecule has 0 aliphatic heterocycles. The molecule has 1 rings (SSSR count). The standard InChI is InChI=1S/C32H49N4O14P2/c1-20(38)44-17-21(14-15-52(43)51-46-19-37)18-45-23-16-22(35(25(39)47-29(2,3)4)26(40)48-30(5,6)7)33-24(34-23)36(27(41)49-31(8,9)10)28(42)50-32(11,12)13/h14,16,19,51H,15,17-18H2,1-13H3/q+1/b21-14+. The third-order valence-corrected chi connectivity index (χ3v) is 7.42. The van der Waals surface area contributed by atoms with Gasteiger partial charge in [-0.1, -0.05) is 4.57 Å². The zero-order valence-electron chi connectivity index (χ0n) is 31.8. The summed E-state index contributed by atoms with van der Waals surface area (Å²) in [5.74, 6) is -2.35. The normalized spacial score (nSPS) is 12.7. The highest BCUT2D eigenvalue weighted by atomic mass is 32.0. The first kappa shape index (κ1) is 45.6. The van der Waals surface area contributed by atoms with Gasteiger partial charge in [0.05, 0.1) is 0 Å². The monoisotopic (exact) mass is 775 g/mol. The van der Waals surface area contributed by atoms with E-state index in [0.717, 1.165) is 6.07 Å². The molecule has 290 valence electrons. The van der Waals surface area contributed by atoms with Gasteiger partial charge in [-0.25, -0.2) is 19.2 Å². The first-order valence-corrected chi connectivity index (χ1v) is 18.9. The molecule has 52 heavy (non-hydrogen) atoms. The zero-order valence-corrected chi connectivity index (χ0v) is 33.7. The Morgan fingerprint density at radius 1 is 0.731 bits per heavy atom. The maximum absolute atomic E-state index is 13.5. The van der Waals surface area contributed by atoms with Crippen molar-refractivity contribution >= 4 is 64.6 Å². The van der Waals surface area contributed by atoms with Gasteiger partial charge in [-0.15, -0.1) is 4.90 Å². The fourth-order valence-electron chi connectivity index (χ4n) is 3.27. The number of aromatic nitrogens is 2. The molecule has 0 aliphatic carbocycles. The SMILES string of the molecule is CC(=O)OC/C(=C\C[P+](=O)POC=O)COc1cc(N(C(=O)OC(C)(C)C)C(=O)OC(C)(C)C)nc(N(C(=O)OC(C)(C)C)C(=O)OC(C)(C)C)n1. The van der Waals surface area contributed by atoms with Crippen molar-refractivity contribution < 1.29 is 66.3 Å². The maximum Gasteiger partial charge on any atom is 0.427 e. The molecule has 1 aromatic heterocycles. The molecular formula is C32H49N4O14P2+. The molecule has 0 spiro atoms. The molecule has 0 radical (unpaired) electrons. The van der Waals surface area contributed by atoms with Crippen LogP contribution < -0.4 is 14.5 Å². The number of allylic oxidation sites excluding steroid dienone is 1. The van der Waals surface area contributed by atoms with Crippen LogP contribution in [0.15, 0.2) is 17.7 Å². The zero-order chi connectivity index (χ0) is 40.2. The number of imide groups is 2. The van der Waals surface area contributed by atoms with E-state index in [1.54, 1.807) is 83.1 Å². The largest absolute Gasteiger partial charge is 0.473 e. The molecular weight excluding hydrogens is 726 g/mol. The highest BCUT2D eigenvalue weighted by Crippen LogP contribution is 2.44. The van der Waals surface area contributed by atoms with Crippen LogP contribution in [0.3, 0.4) is 0 Å². The first-order valence-electron chi connectivity index (χ1n) is 15.8. The number of carbonyl (C=O) groups is 6. The summed E-state index contributed by atoms with van der Waals surface area (Å²) in [6.45, 7) is 19.3. The Labute approximate surface area is 305 Å². The van der Waals surface area contributed by atoms with E-state index < -0.39 is 93.0 Å². The van der Waals surface area contributed by atoms with Gasteiger partial charge in [-0.2, -0.15) is 14.9 Å². The van der Waals surface area contributed by atoms with Crippen molar-refractivity contribution in [3.05, 3.63) is 17.7 Å². The number of carbonyl (C=O) groups excluding carboxylic acids is 6. The van der Waals surface area contributed by atoms with E-state index in [1.807, 2.05) is 0 Å². The minimum atomic E-state index is -2.01. The number of hydrogen-bond acceptors (Lipinski definition) is 16. The van der Waals surface area contributed by atoms with Gasteiger partial charge < -0.3 is 32.9 Å². The van der Waals surface area contributed by atoms with E-state index in [1.165, 1.54) is 13.0 Å². The van der Waals surface area contributed by atoms with Gasteiger partial charge in [-0.05, 0) is 89.2 Å². The van der Waals surface area contributed by atoms with Crippen molar-refractivity contribution in [2.45, 2.75) is 112 Å². The predicted octanol–water partition coefficient (Wildman–Crippen LogP) is 7.21. The van der Waals surface area contributed by atoms with Gasteiger partial charge in [0.2, 0.25) is 11.8 Å². The molecule has 2 atom stereocenters. The molecule has 20 heteroatoms. The Bertz CT molecular complexity index is 1390. The fourth-order valence-corrected chi connectivity index (χ4v) is 4.91. The van der Waals surface area contributed by atoms with Gasteiger partial charge >= 0.3 is 46.3 Å². The molecule has 0 aliphatic rings. The second-order valence-corrected chi connectivity index (χ2v) is 18.3. The van der Waals surface area contributed by atoms with Gasteiger partial charge in [0.25, 0.3) is 6.47 Å². The Morgan fingerprint density at radius 2 is 1.17 bits per heavy atom. The third kappa shape index (κ3) is 18.2. The van der Waals surface area contributed by atoms with Crippen molar-refractivity contribution in [1.82, 2.24) is 9.97 Å². The van der Waals surface area contributed by atoms with Gasteiger partial charge in [0.15, 0.2) is 12.0 Å². The van der Waals surface area contributed by atoms with Crippen LogP contribution in [-0.2, 0) is 42.4 Å². The number of anilines is 2. The Kier molecular flexibility index (Phi) is 16.6. The molecule has 1 aromatic rings. The Hall–Kier alpha value is -4.43. The third-order valence-electron chi connectivity index (χ3n) is 5.03. The van der Waals surface area contributed by atoms with Crippen LogP contribution in [0.5, 0.6) is 5.88 Å². The summed E-state index contributed by atoms with van der Waals surface area (Å²) >= 11 is 0. The van der Waals surface area contributed by atoms with Crippen LogP contribution in [0.25, 0.3) is 0 Å². The smallest absolute Gasteiger partial charge is 0.427 e. The first-order chi connectivity index (χ1) is 23.6. The summed E-state index contributed by atoms with van der Waals surface area (Å²) in [7, 11) is -2.62. The minimum Gasteiger partial charge on any atom is -0.473 e. The highest BCUT2D eigenvalue weighted by Gasteiger charge is 2.39. The van der Waals surface area contributed by atoms with E-state index in [4.69, 9.17) is 28.4 Å². The van der Waals surface area contributed by atoms with Crippen molar-refractivity contribution in [1.29, 1.82) is 0 Å². The Balaban J connectivity index is 4.03. The summed E-state index contributed by atoms with van der Waals surface area (Å²) < 4.78 is 49.6. The number of amides is 4. The van der Waals surface area contributed by atoms with E-state index in [9.17, 15) is 33.3 Å². The van der Waals surface area contributed by atoms with Crippen molar-refractivity contribution in [3.8, 4) is 5.88 Å². The number of rotatable bonds is 12. The highest BCUT2D eigenvalue weighted by molar-refractivity contribution is 8.13. The molecule has 2 unspecified atom stereocenters. The lowest BCUT2D eigenvalue weighted by atomic mass is 10.2. The number of hydrogen-bond donors (Lipinski definition) is 0. The lowest BCUT2D eigenvalue weighted by molar-refractivity contribution is -0.140. The average molecular weight is 776 g/mol. The second kappa shape index (κ2) is 18.9. The molecule has 0 fully saturated rings. The number of nitrogens with zero attached hydrogens (tertiary/aromatic N) is 4. The topological polar surface area (TPSA) is 216 Å². The van der Waals surface area contributed by atoms with E-state index in [2.05, 4.69) is 14.5 Å². The molecule has 0 bridgehead atoms. The molecule has 1 heterocycles. The average Bonchev–Trinajstić information content (AvgIpc) is 2.91. The van der Waals surface area contributed by atoms with Crippen LogP contribution in [0.1, 0.15) is 90.0 Å². The van der Waals surface area contributed by atoms with Gasteiger partial charge in [-0.3, -0.25) is 9.59 Å². The maximum atomic E-state index is 13.5. The van der Waals surface area contributed by atoms with Crippen molar-refractivity contribution in [3.63, 3.8) is 0 Å². The summed E-state index contributed by atoms with van der Waals surface area (Å²) in [6.07, 6.45) is -3.68. The quantitative estimate of drug-likeness (QED) is 0.0674. The molecule has 18 nitrogen and oxygen atoms in total. The molecule has 0 N–H and O–H groups in total. The molecule has 0 aromatic carbocycles. The van der Waals surface area contributed by atoms with E-state index in [-0.39, 0.29) is 24.8 Å². The summed E-state index contributed by atoms with van der Waals surface area (Å²) in [5.41, 5.74) is -4.20. The predicted molar refractivity (Wildman–Crippen MR) is 190 cm³/mol. The second-order valence-electron chi connectivity index (χ2n) is 14.8. The summed E-state index contributed by atoms with van der Waals surface area (Å²) in [5, 5.41) is 0. The van der Waals surface area contributed by atoms with Gasteiger partial charge in [0.1, 0.15) is 35.6 Å². The number of esters is 1. The van der Waals surface area contributed by atoms with Crippen LogP contribution in [0.2, 0.25) is 0 Å². The molecule has 0 saturated heterocycles. The molecule has 4 amide bonds. The van der Waals surface area contributed by atoms with Crippen molar-refractivity contribution in [2.75, 3.05) is 29.2 Å². The lowest BCUT2D eigenvalue weighted by Gasteiger charge is -2.29. The molecule has 0 saturated carbocycles. The van der Waals surface area contributed by atoms with E-state index >= 15 is 0 Å². The lowest BCUT2D eigenvalue weighted by Crippen LogP contribution is -2.46. The van der Waals surface area contributed by atoms with E-state index in [0.29, 0.717) is 9.80 Å². The van der Waals surface area contributed by atoms with Crippen LogP contribution in [0.4, 0.5) is 30.9 Å². The Morgan fingerprint density at radius 3 is 1.58 bits per heavy atom. The minimum absolute atomic E-state index is 0.0853. The van der Waals surface area contributed by atoms with Crippen LogP contribution in [-0.4, -0.2) is 88.6 Å².